The van der Waals surface area contributed by atoms with Crippen molar-refractivity contribution in [1.29, 1.82) is 0 Å². The van der Waals surface area contributed by atoms with Crippen LogP contribution in [-0.2, 0) is 16.4 Å². The number of likely N-dealkylation sites (tertiary alicyclic amines) is 1. The molecule has 0 saturated carbocycles. The standard InChI is InChI=1S/C20H33ClN4O2S/c1-20(2,3)28(26,27)14-11-23-19(22-4)24-18-9-12-25(13-10-18)15-16-5-7-17(21)8-6-16/h5-8,18H,9-15H2,1-4H3,(H2,22,23,24). The van der Waals surface area contributed by atoms with E-state index in [-0.39, 0.29) is 5.75 Å². The Morgan fingerprint density at radius 3 is 2.36 bits per heavy atom. The number of nitrogens with zero attached hydrogens (tertiary/aromatic N) is 2. The highest BCUT2D eigenvalue weighted by atomic mass is 35.5. The number of nitrogens with one attached hydrogen (secondary N) is 2. The number of aliphatic imine (C=N–C) groups is 1. The van der Waals surface area contributed by atoms with Crippen molar-refractivity contribution in [3.05, 3.63) is 34.9 Å². The number of piperidine rings is 1. The lowest BCUT2D eigenvalue weighted by Gasteiger charge is -2.33. The third-order valence-electron chi connectivity index (χ3n) is 5.07. The fraction of sp³-hybridized carbons (Fsp3) is 0.650. The summed E-state index contributed by atoms with van der Waals surface area (Å²) in [7, 11) is -1.42. The van der Waals surface area contributed by atoms with Crippen molar-refractivity contribution in [2.75, 3.05) is 32.4 Å². The molecule has 6 nitrogen and oxygen atoms in total. The molecule has 0 radical (unpaired) electrons. The highest BCUT2D eigenvalue weighted by Crippen LogP contribution is 2.16. The smallest absolute Gasteiger partial charge is 0.191 e. The van der Waals surface area contributed by atoms with E-state index in [0.29, 0.717) is 18.5 Å². The van der Waals surface area contributed by atoms with Crippen LogP contribution in [0.5, 0.6) is 0 Å². The van der Waals surface area contributed by atoms with Gasteiger partial charge in [-0.1, -0.05) is 23.7 Å². The van der Waals surface area contributed by atoms with Crippen molar-refractivity contribution >= 4 is 27.4 Å². The second-order valence-corrected chi connectivity index (χ2v) is 11.6. The molecule has 1 fully saturated rings. The summed E-state index contributed by atoms with van der Waals surface area (Å²) in [6, 6.07) is 8.35. The number of guanidine groups is 1. The molecule has 2 rings (SSSR count). The van der Waals surface area contributed by atoms with Crippen LogP contribution in [0.25, 0.3) is 0 Å². The molecule has 0 aliphatic carbocycles. The quantitative estimate of drug-likeness (QED) is 0.538. The van der Waals surface area contributed by atoms with Gasteiger partial charge < -0.3 is 10.6 Å². The Kier molecular flexibility index (Phi) is 8.16. The lowest BCUT2D eigenvalue weighted by molar-refractivity contribution is 0.198. The van der Waals surface area contributed by atoms with Crippen LogP contribution in [0.2, 0.25) is 5.02 Å². The van der Waals surface area contributed by atoms with Gasteiger partial charge >= 0.3 is 0 Å². The molecule has 0 aromatic heterocycles. The SMILES string of the molecule is CN=C(NCCS(=O)(=O)C(C)(C)C)NC1CCN(Cc2ccc(Cl)cc2)CC1. The van der Waals surface area contributed by atoms with Gasteiger partial charge in [0.1, 0.15) is 0 Å². The van der Waals surface area contributed by atoms with Gasteiger partial charge in [-0.25, -0.2) is 8.42 Å². The van der Waals surface area contributed by atoms with Gasteiger partial charge in [0.2, 0.25) is 0 Å². The molecule has 8 heteroatoms. The molecule has 0 spiro atoms. The van der Waals surface area contributed by atoms with E-state index < -0.39 is 14.6 Å². The molecule has 0 unspecified atom stereocenters. The first kappa shape index (κ1) is 23.0. The zero-order valence-electron chi connectivity index (χ0n) is 17.3. The summed E-state index contributed by atoms with van der Waals surface area (Å²) in [6.45, 7) is 8.50. The van der Waals surface area contributed by atoms with Gasteiger partial charge in [0.15, 0.2) is 15.8 Å². The Balaban J connectivity index is 1.74. The van der Waals surface area contributed by atoms with E-state index in [0.717, 1.165) is 37.5 Å². The van der Waals surface area contributed by atoms with Gasteiger partial charge in [-0.15, -0.1) is 0 Å². The Morgan fingerprint density at radius 2 is 1.82 bits per heavy atom. The molecule has 1 aromatic carbocycles. The Bertz CT molecular complexity index is 749. The molecule has 158 valence electrons. The highest BCUT2D eigenvalue weighted by Gasteiger charge is 2.28. The van der Waals surface area contributed by atoms with Crippen molar-refractivity contribution in [2.45, 2.75) is 50.9 Å². The zero-order chi connectivity index (χ0) is 20.8. The number of hydrogen-bond donors (Lipinski definition) is 2. The minimum Gasteiger partial charge on any atom is -0.355 e. The van der Waals surface area contributed by atoms with Crippen LogP contribution in [0.3, 0.4) is 0 Å². The van der Waals surface area contributed by atoms with E-state index >= 15 is 0 Å². The molecule has 28 heavy (non-hydrogen) atoms. The van der Waals surface area contributed by atoms with Gasteiger partial charge in [-0.3, -0.25) is 9.89 Å². The van der Waals surface area contributed by atoms with E-state index in [4.69, 9.17) is 11.6 Å². The third-order valence-corrected chi connectivity index (χ3v) is 7.93. The molecule has 1 heterocycles. The van der Waals surface area contributed by atoms with Crippen molar-refractivity contribution in [3.63, 3.8) is 0 Å². The predicted molar refractivity (Wildman–Crippen MR) is 118 cm³/mol. The molecule has 1 aliphatic heterocycles. The number of benzene rings is 1. The van der Waals surface area contributed by atoms with E-state index in [1.54, 1.807) is 27.8 Å². The molecule has 0 bridgehead atoms. The lowest BCUT2D eigenvalue weighted by atomic mass is 10.0. The van der Waals surface area contributed by atoms with Gasteiger partial charge in [0.05, 0.1) is 10.5 Å². The second-order valence-electron chi connectivity index (χ2n) is 8.25. The molecule has 1 saturated heterocycles. The maximum atomic E-state index is 12.2. The van der Waals surface area contributed by atoms with Crippen molar-refractivity contribution in [2.24, 2.45) is 4.99 Å². The lowest BCUT2D eigenvalue weighted by Crippen LogP contribution is -2.49. The largest absolute Gasteiger partial charge is 0.355 e. The molecule has 1 aromatic rings. The topological polar surface area (TPSA) is 73.8 Å². The van der Waals surface area contributed by atoms with E-state index in [2.05, 4.69) is 32.7 Å². The maximum absolute atomic E-state index is 12.2. The van der Waals surface area contributed by atoms with Crippen LogP contribution < -0.4 is 10.6 Å². The van der Waals surface area contributed by atoms with Crippen molar-refractivity contribution in [1.82, 2.24) is 15.5 Å². The Morgan fingerprint density at radius 1 is 1.21 bits per heavy atom. The van der Waals surface area contributed by atoms with Crippen molar-refractivity contribution < 1.29 is 8.42 Å². The van der Waals surface area contributed by atoms with Crippen LogP contribution in [0.4, 0.5) is 0 Å². The Labute approximate surface area is 174 Å². The first-order valence-electron chi connectivity index (χ1n) is 9.77. The van der Waals surface area contributed by atoms with Crippen molar-refractivity contribution in [3.8, 4) is 0 Å². The summed E-state index contributed by atoms with van der Waals surface area (Å²) in [5, 5.41) is 7.32. The minimum atomic E-state index is -3.13. The summed E-state index contributed by atoms with van der Waals surface area (Å²) >= 11 is 5.95. The van der Waals surface area contributed by atoms with E-state index in [1.165, 1.54) is 5.56 Å². The first-order valence-corrected chi connectivity index (χ1v) is 11.8. The van der Waals surface area contributed by atoms with Crippen LogP contribution in [0, 0.1) is 0 Å². The third kappa shape index (κ3) is 6.94. The average Bonchev–Trinajstić information content (AvgIpc) is 2.63. The van der Waals surface area contributed by atoms with Gasteiger partial charge in [-0.2, -0.15) is 0 Å². The van der Waals surface area contributed by atoms with Crippen LogP contribution in [0.1, 0.15) is 39.2 Å². The van der Waals surface area contributed by atoms with Gasteiger partial charge in [0.25, 0.3) is 0 Å². The molecule has 2 N–H and O–H groups in total. The second kappa shape index (κ2) is 9.94. The normalized spacial score (nSPS) is 17.5. The summed E-state index contributed by atoms with van der Waals surface area (Å²) < 4.78 is 23.7. The summed E-state index contributed by atoms with van der Waals surface area (Å²) in [5.41, 5.74) is 1.27. The molecular formula is C20H33ClN4O2S. The molecule has 0 atom stereocenters. The van der Waals surface area contributed by atoms with E-state index in [1.807, 2.05) is 12.1 Å². The Hall–Kier alpha value is -1.31. The van der Waals surface area contributed by atoms with Crippen LogP contribution in [-0.4, -0.2) is 62.5 Å². The summed E-state index contributed by atoms with van der Waals surface area (Å²) in [4.78, 5) is 6.67. The maximum Gasteiger partial charge on any atom is 0.191 e. The molecular weight excluding hydrogens is 396 g/mol. The number of rotatable bonds is 6. The summed E-state index contributed by atoms with van der Waals surface area (Å²) in [6.07, 6.45) is 2.04. The van der Waals surface area contributed by atoms with Gasteiger partial charge in [-0.05, 0) is 51.3 Å². The number of hydrogen-bond acceptors (Lipinski definition) is 4. The van der Waals surface area contributed by atoms with Crippen LogP contribution in [0.15, 0.2) is 29.3 Å². The van der Waals surface area contributed by atoms with E-state index in [9.17, 15) is 8.42 Å². The predicted octanol–water partition coefficient (Wildman–Crippen LogP) is 2.68. The fourth-order valence-corrected chi connectivity index (χ4v) is 4.19. The highest BCUT2D eigenvalue weighted by molar-refractivity contribution is 7.92. The summed E-state index contributed by atoms with van der Waals surface area (Å²) in [5.74, 6) is 0.761. The number of sulfone groups is 1. The van der Waals surface area contributed by atoms with Gasteiger partial charge in [0, 0.05) is 44.3 Å². The zero-order valence-corrected chi connectivity index (χ0v) is 18.9. The fourth-order valence-electron chi connectivity index (χ4n) is 3.08. The molecule has 0 amide bonds. The number of halogens is 1. The monoisotopic (exact) mass is 428 g/mol. The minimum absolute atomic E-state index is 0.0940. The first-order chi connectivity index (χ1) is 13.1. The van der Waals surface area contributed by atoms with Crippen LogP contribution >= 0.6 is 11.6 Å². The molecule has 1 aliphatic rings. The average molecular weight is 429 g/mol.